The van der Waals surface area contributed by atoms with Crippen LogP contribution in [0.25, 0.3) is 10.4 Å². The number of halogens is 1. The Morgan fingerprint density at radius 1 is 1.00 bits per heavy atom. The first-order chi connectivity index (χ1) is 11.5. The minimum atomic E-state index is -0.555. The number of hydrogen-bond acceptors (Lipinski definition) is 3. The fourth-order valence-electron chi connectivity index (χ4n) is 2.17. The Bertz CT molecular complexity index is 903. The first-order valence-corrected chi connectivity index (χ1v) is 7.91. The summed E-state index contributed by atoms with van der Waals surface area (Å²) in [6.45, 7) is 0. The summed E-state index contributed by atoms with van der Waals surface area (Å²) in [4.78, 5) is 24.9. The van der Waals surface area contributed by atoms with Crippen molar-refractivity contribution >= 4 is 28.8 Å². The van der Waals surface area contributed by atoms with Crippen molar-refractivity contribution in [1.82, 2.24) is 0 Å². The van der Waals surface area contributed by atoms with Crippen molar-refractivity contribution in [2.24, 2.45) is 5.73 Å². The molecule has 0 radical (unpaired) electrons. The van der Waals surface area contributed by atoms with Crippen LogP contribution in [-0.4, -0.2) is 11.8 Å². The zero-order valence-corrected chi connectivity index (χ0v) is 13.3. The van der Waals surface area contributed by atoms with Crippen LogP contribution in [0.5, 0.6) is 0 Å². The van der Waals surface area contributed by atoms with Gasteiger partial charge < -0.3 is 11.1 Å². The summed E-state index contributed by atoms with van der Waals surface area (Å²) in [6, 6.07) is 16.0. The molecule has 0 aliphatic heterocycles. The van der Waals surface area contributed by atoms with Gasteiger partial charge in [0.05, 0.1) is 4.88 Å². The molecule has 3 N–H and O–H groups in total. The highest BCUT2D eigenvalue weighted by atomic mass is 32.1. The highest BCUT2D eigenvalue weighted by molar-refractivity contribution is 7.17. The minimum Gasteiger partial charge on any atom is -0.366 e. The molecule has 0 aliphatic rings. The van der Waals surface area contributed by atoms with Crippen molar-refractivity contribution in [3.8, 4) is 10.4 Å². The largest absolute Gasteiger partial charge is 0.366 e. The molecule has 0 aliphatic carbocycles. The second-order valence-electron chi connectivity index (χ2n) is 5.07. The lowest BCUT2D eigenvalue weighted by Crippen LogP contribution is -2.13. The van der Waals surface area contributed by atoms with Gasteiger partial charge in [0.1, 0.15) is 5.82 Å². The average Bonchev–Trinajstić information content (AvgIpc) is 3.06. The van der Waals surface area contributed by atoms with Crippen LogP contribution < -0.4 is 11.1 Å². The molecule has 0 fully saturated rings. The Morgan fingerprint density at radius 3 is 2.46 bits per heavy atom. The zero-order chi connectivity index (χ0) is 17.1. The van der Waals surface area contributed by atoms with Gasteiger partial charge in [-0.1, -0.05) is 18.2 Å². The van der Waals surface area contributed by atoms with Gasteiger partial charge in [-0.2, -0.15) is 0 Å². The van der Waals surface area contributed by atoms with E-state index in [2.05, 4.69) is 5.32 Å². The number of carbonyl (C=O) groups excluding carboxylic acids is 2. The molecule has 3 rings (SSSR count). The Hall–Kier alpha value is -2.99. The Balaban J connectivity index is 1.77. The molecule has 24 heavy (non-hydrogen) atoms. The third-order valence-electron chi connectivity index (χ3n) is 3.36. The summed E-state index contributed by atoms with van der Waals surface area (Å²) in [5.74, 6) is -1.14. The predicted molar refractivity (Wildman–Crippen MR) is 92.6 cm³/mol. The Morgan fingerprint density at radius 2 is 1.75 bits per heavy atom. The maximum absolute atomic E-state index is 13.0. The van der Waals surface area contributed by atoms with Crippen LogP contribution in [0.1, 0.15) is 20.0 Å². The number of hydrogen-bond donors (Lipinski definition) is 2. The van der Waals surface area contributed by atoms with E-state index in [0.717, 1.165) is 10.4 Å². The predicted octanol–water partition coefficient (Wildman–Crippen LogP) is 3.91. The fourth-order valence-corrected chi connectivity index (χ4v) is 3.08. The molecule has 0 saturated carbocycles. The summed E-state index contributed by atoms with van der Waals surface area (Å²) >= 11 is 1.30. The lowest BCUT2D eigenvalue weighted by atomic mass is 10.2. The molecule has 0 atom stereocenters. The van der Waals surface area contributed by atoms with E-state index in [-0.39, 0.29) is 11.7 Å². The number of nitrogens with one attached hydrogen (secondary N) is 1. The van der Waals surface area contributed by atoms with E-state index in [4.69, 9.17) is 5.73 Å². The normalized spacial score (nSPS) is 10.4. The van der Waals surface area contributed by atoms with Gasteiger partial charge in [0, 0.05) is 16.1 Å². The van der Waals surface area contributed by atoms with Gasteiger partial charge in [-0.15, -0.1) is 11.3 Å². The van der Waals surface area contributed by atoms with Gasteiger partial charge in [0.25, 0.3) is 5.91 Å². The van der Waals surface area contributed by atoms with E-state index in [1.807, 2.05) is 6.07 Å². The molecular formula is C18H13FN2O2S. The second-order valence-corrected chi connectivity index (χ2v) is 6.15. The number of benzene rings is 2. The number of nitrogens with two attached hydrogens (primary N) is 1. The quantitative estimate of drug-likeness (QED) is 0.756. The van der Waals surface area contributed by atoms with Crippen LogP contribution >= 0.6 is 11.3 Å². The number of amides is 2. The van der Waals surface area contributed by atoms with Crippen LogP contribution in [0.15, 0.2) is 60.7 Å². The number of anilines is 1. The molecule has 4 nitrogen and oxygen atoms in total. The van der Waals surface area contributed by atoms with Gasteiger partial charge >= 0.3 is 0 Å². The van der Waals surface area contributed by atoms with Crippen LogP contribution in [0.4, 0.5) is 10.1 Å². The average molecular weight is 340 g/mol. The summed E-state index contributed by atoms with van der Waals surface area (Å²) in [6.07, 6.45) is 0. The number of carbonyl (C=O) groups is 2. The van der Waals surface area contributed by atoms with Crippen LogP contribution in [-0.2, 0) is 0 Å². The van der Waals surface area contributed by atoms with Crippen molar-refractivity contribution in [2.45, 2.75) is 0 Å². The van der Waals surface area contributed by atoms with E-state index >= 15 is 0 Å². The van der Waals surface area contributed by atoms with Gasteiger partial charge in [-0.05, 0) is 48.0 Å². The molecule has 0 unspecified atom stereocenters. The number of rotatable bonds is 4. The first-order valence-electron chi connectivity index (χ1n) is 7.10. The van der Waals surface area contributed by atoms with E-state index in [0.29, 0.717) is 16.1 Å². The van der Waals surface area contributed by atoms with Gasteiger partial charge in [-0.3, -0.25) is 9.59 Å². The third kappa shape index (κ3) is 3.49. The lowest BCUT2D eigenvalue weighted by molar-refractivity contribution is 0.0996. The summed E-state index contributed by atoms with van der Waals surface area (Å²) < 4.78 is 13.0. The van der Waals surface area contributed by atoms with E-state index in [1.165, 1.54) is 29.5 Å². The SMILES string of the molecule is NC(=O)c1cccc(NC(=O)c2ccc(-c3ccc(F)cc3)s2)c1. The molecule has 2 aromatic carbocycles. The Kier molecular flexibility index (Phi) is 4.39. The third-order valence-corrected chi connectivity index (χ3v) is 4.50. The first kappa shape index (κ1) is 15.9. The van der Waals surface area contributed by atoms with E-state index in [1.54, 1.807) is 36.4 Å². The summed E-state index contributed by atoms with van der Waals surface area (Å²) in [7, 11) is 0. The van der Waals surface area contributed by atoms with E-state index in [9.17, 15) is 14.0 Å². The highest BCUT2D eigenvalue weighted by Gasteiger charge is 2.11. The molecule has 0 bridgehead atoms. The van der Waals surface area contributed by atoms with Crippen molar-refractivity contribution in [3.05, 3.63) is 76.9 Å². The molecule has 120 valence electrons. The molecule has 1 heterocycles. The van der Waals surface area contributed by atoms with Crippen LogP contribution in [0, 0.1) is 5.82 Å². The summed E-state index contributed by atoms with van der Waals surface area (Å²) in [5, 5.41) is 2.73. The molecule has 6 heteroatoms. The molecule has 0 saturated heterocycles. The number of primary amides is 1. The monoisotopic (exact) mass is 340 g/mol. The molecule has 1 aromatic heterocycles. The molecule has 0 spiro atoms. The standard InChI is InChI=1S/C18H13FN2O2S/c19-13-6-4-11(5-7-13)15-8-9-16(24-15)18(23)21-14-3-1-2-12(10-14)17(20)22/h1-10H,(H2,20,22)(H,21,23). The zero-order valence-electron chi connectivity index (χ0n) is 12.5. The second kappa shape index (κ2) is 6.64. The highest BCUT2D eigenvalue weighted by Crippen LogP contribution is 2.28. The smallest absolute Gasteiger partial charge is 0.265 e. The van der Waals surface area contributed by atoms with Crippen molar-refractivity contribution < 1.29 is 14.0 Å². The van der Waals surface area contributed by atoms with Gasteiger partial charge in [0.2, 0.25) is 5.91 Å². The minimum absolute atomic E-state index is 0.282. The number of thiophene rings is 1. The van der Waals surface area contributed by atoms with Crippen LogP contribution in [0.3, 0.4) is 0 Å². The van der Waals surface area contributed by atoms with Gasteiger partial charge in [0.15, 0.2) is 0 Å². The molecule has 3 aromatic rings. The fraction of sp³-hybridized carbons (Fsp3) is 0. The van der Waals surface area contributed by atoms with Crippen molar-refractivity contribution in [3.63, 3.8) is 0 Å². The molecular weight excluding hydrogens is 327 g/mol. The maximum atomic E-state index is 13.0. The van der Waals surface area contributed by atoms with Gasteiger partial charge in [-0.25, -0.2) is 4.39 Å². The summed E-state index contributed by atoms with van der Waals surface area (Å²) in [5.41, 5.74) is 6.89. The topological polar surface area (TPSA) is 72.2 Å². The maximum Gasteiger partial charge on any atom is 0.265 e. The lowest BCUT2D eigenvalue weighted by Gasteiger charge is -2.04. The van der Waals surface area contributed by atoms with Crippen LogP contribution in [0.2, 0.25) is 0 Å². The van der Waals surface area contributed by atoms with Crippen molar-refractivity contribution in [2.75, 3.05) is 5.32 Å². The Labute approximate surface area is 141 Å². The van der Waals surface area contributed by atoms with Crippen molar-refractivity contribution in [1.29, 1.82) is 0 Å². The van der Waals surface area contributed by atoms with E-state index < -0.39 is 5.91 Å². The molecule has 2 amide bonds.